The van der Waals surface area contributed by atoms with Gasteiger partial charge in [-0.3, -0.25) is 10.2 Å². The van der Waals surface area contributed by atoms with Gasteiger partial charge in [-0.15, -0.1) is 11.3 Å². The van der Waals surface area contributed by atoms with E-state index in [4.69, 9.17) is 5.84 Å². The average molecular weight is 303 g/mol. The lowest BCUT2D eigenvalue weighted by atomic mass is 10.0. The minimum Gasteiger partial charge on any atom is -0.302 e. The van der Waals surface area contributed by atoms with Crippen LogP contribution in [0.15, 0.2) is 41.8 Å². The van der Waals surface area contributed by atoms with Crippen molar-refractivity contribution in [3.05, 3.63) is 57.8 Å². The molecule has 1 aromatic carbocycles. The second-order valence-electron chi connectivity index (χ2n) is 5.08. The third-order valence-electron chi connectivity index (χ3n) is 3.39. The fourth-order valence-electron chi connectivity index (χ4n) is 2.23. The van der Waals surface area contributed by atoms with Crippen LogP contribution in [0.3, 0.4) is 0 Å². The Balaban J connectivity index is 1.93. The van der Waals surface area contributed by atoms with E-state index in [9.17, 15) is 4.79 Å². The molecule has 2 aromatic rings. The van der Waals surface area contributed by atoms with Crippen LogP contribution in [0.4, 0.5) is 0 Å². The van der Waals surface area contributed by atoms with E-state index in [2.05, 4.69) is 41.0 Å². The summed E-state index contributed by atoms with van der Waals surface area (Å²) in [5.41, 5.74) is 4.39. The molecule has 0 saturated heterocycles. The number of hydrogen-bond donors (Lipinski definition) is 2. The van der Waals surface area contributed by atoms with Crippen LogP contribution in [0.1, 0.15) is 16.0 Å². The number of benzene rings is 1. The third kappa shape index (κ3) is 4.97. The van der Waals surface area contributed by atoms with Gasteiger partial charge in [0.15, 0.2) is 0 Å². The molecule has 0 bridgehead atoms. The van der Waals surface area contributed by atoms with Crippen LogP contribution >= 0.6 is 11.3 Å². The number of nitrogens with two attached hydrogens (primary N) is 1. The molecular formula is C16H21N3OS. The minimum atomic E-state index is -0.163. The summed E-state index contributed by atoms with van der Waals surface area (Å²) < 4.78 is 0. The summed E-state index contributed by atoms with van der Waals surface area (Å²) in [6.07, 6.45) is 1.38. The molecular weight excluding hydrogens is 282 g/mol. The Kier molecular flexibility index (Phi) is 5.92. The number of rotatable bonds is 7. The molecule has 0 aliphatic rings. The van der Waals surface area contributed by atoms with Crippen LogP contribution in [0, 0.1) is 0 Å². The molecule has 1 aromatic heterocycles. The van der Waals surface area contributed by atoms with Crippen molar-refractivity contribution in [2.75, 3.05) is 13.6 Å². The smallest absolute Gasteiger partial charge is 0.238 e. The first-order valence-electron chi connectivity index (χ1n) is 6.96. The average Bonchev–Trinajstić information content (AvgIpc) is 3.00. The largest absolute Gasteiger partial charge is 0.302 e. The van der Waals surface area contributed by atoms with E-state index in [1.807, 2.05) is 18.2 Å². The Morgan fingerprint density at radius 2 is 2.00 bits per heavy atom. The SMILES string of the molecule is CN(CCc1cccs1)Cc1ccccc1CC(=O)NN. The second kappa shape index (κ2) is 7.93. The molecule has 3 N–H and O–H groups in total. The number of thiophene rings is 1. The van der Waals surface area contributed by atoms with E-state index < -0.39 is 0 Å². The maximum atomic E-state index is 11.5. The van der Waals surface area contributed by atoms with Gasteiger partial charge in [0, 0.05) is 18.0 Å². The van der Waals surface area contributed by atoms with Gasteiger partial charge in [0.1, 0.15) is 0 Å². The van der Waals surface area contributed by atoms with Crippen molar-refractivity contribution in [3.63, 3.8) is 0 Å². The number of amides is 1. The maximum absolute atomic E-state index is 11.5. The molecule has 1 amide bonds. The molecule has 0 unspecified atom stereocenters. The number of hydrogen-bond acceptors (Lipinski definition) is 4. The quantitative estimate of drug-likeness (QED) is 0.467. The lowest BCUT2D eigenvalue weighted by Crippen LogP contribution is -2.32. The molecule has 2 rings (SSSR count). The Bertz CT molecular complexity index is 569. The Labute approximate surface area is 129 Å². The van der Waals surface area contributed by atoms with Crippen LogP contribution in [-0.2, 0) is 24.2 Å². The van der Waals surface area contributed by atoms with E-state index in [0.29, 0.717) is 6.42 Å². The molecule has 0 aliphatic heterocycles. The highest BCUT2D eigenvalue weighted by Gasteiger charge is 2.09. The van der Waals surface area contributed by atoms with Gasteiger partial charge < -0.3 is 4.90 Å². The first-order chi connectivity index (χ1) is 10.2. The van der Waals surface area contributed by atoms with Crippen LogP contribution < -0.4 is 11.3 Å². The zero-order valence-corrected chi connectivity index (χ0v) is 13.0. The fourth-order valence-corrected chi connectivity index (χ4v) is 2.93. The molecule has 0 aliphatic carbocycles. The number of nitrogens with one attached hydrogen (secondary N) is 1. The van der Waals surface area contributed by atoms with Gasteiger partial charge in [-0.05, 0) is 36.0 Å². The number of carbonyl (C=O) groups excluding carboxylic acids is 1. The summed E-state index contributed by atoms with van der Waals surface area (Å²) in [6.45, 7) is 1.83. The van der Waals surface area contributed by atoms with Gasteiger partial charge in [-0.25, -0.2) is 5.84 Å². The Hall–Kier alpha value is -1.69. The summed E-state index contributed by atoms with van der Waals surface area (Å²) in [6, 6.07) is 12.3. The van der Waals surface area contributed by atoms with E-state index in [1.165, 1.54) is 10.4 Å². The van der Waals surface area contributed by atoms with Gasteiger partial charge in [0.25, 0.3) is 0 Å². The lowest BCUT2D eigenvalue weighted by Gasteiger charge is -2.18. The zero-order valence-electron chi connectivity index (χ0n) is 12.2. The second-order valence-corrected chi connectivity index (χ2v) is 6.11. The topological polar surface area (TPSA) is 58.4 Å². The Morgan fingerprint density at radius 3 is 2.67 bits per heavy atom. The van der Waals surface area contributed by atoms with Crippen molar-refractivity contribution in [3.8, 4) is 0 Å². The Morgan fingerprint density at radius 1 is 1.24 bits per heavy atom. The predicted molar refractivity (Wildman–Crippen MR) is 86.8 cm³/mol. The first-order valence-corrected chi connectivity index (χ1v) is 7.84. The van der Waals surface area contributed by atoms with Crippen LogP contribution in [0.2, 0.25) is 0 Å². The molecule has 1 heterocycles. The van der Waals surface area contributed by atoms with Gasteiger partial charge >= 0.3 is 0 Å². The normalized spacial score (nSPS) is 10.8. The van der Waals surface area contributed by atoms with E-state index in [0.717, 1.165) is 25.1 Å². The third-order valence-corrected chi connectivity index (χ3v) is 4.33. The molecule has 0 radical (unpaired) electrons. The maximum Gasteiger partial charge on any atom is 0.238 e. The van der Waals surface area contributed by atoms with Gasteiger partial charge in [0.05, 0.1) is 6.42 Å². The molecule has 0 atom stereocenters. The van der Waals surface area contributed by atoms with Crippen LogP contribution in [-0.4, -0.2) is 24.4 Å². The summed E-state index contributed by atoms with van der Waals surface area (Å²) in [7, 11) is 2.10. The number of likely N-dealkylation sites (N-methyl/N-ethyl adjacent to an activating group) is 1. The minimum absolute atomic E-state index is 0.163. The van der Waals surface area contributed by atoms with Crippen LogP contribution in [0.25, 0.3) is 0 Å². The summed E-state index contributed by atoms with van der Waals surface area (Å²) in [5.74, 6) is 5.00. The predicted octanol–water partition coefficient (Wildman–Crippen LogP) is 1.95. The van der Waals surface area contributed by atoms with Gasteiger partial charge in [0.2, 0.25) is 5.91 Å². The van der Waals surface area contributed by atoms with Crippen molar-refractivity contribution >= 4 is 17.2 Å². The number of carbonyl (C=O) groups is 1. The monoisotopic (exact) mass is 303 g/mol. The molecule has 112 valence electrons. The van der Waals surface area contributed by atoms with E-state index in [-0.39, 0.29) is 5.91 Å². The van der Waals surface area contributed by atoms with E-state index >= 15 is 0 Å². The molecule has 0 saturated carbocycles. The van der Waals surface area contributed by atoms with E-state index in [1.54, 1.807) is 11.3 Å². The van der Waals surface area contributed by atoms with Crippen molar-refractivity contribution in [2.45, 2.75) is 19.4 Å². The molecule has 0 fully saturated rings. The van der Waals surface area contributed by atoms with Crippen molar-refractivity contribution in [1.82, 2.24) is 10.3 Å². The lowest BCUT2D eigenvalue weighted by molar-refractivity contribution is -0.120. The zero-order chi connectivity index (χ0) is 15.1. The van der Waals surface area contributed by atoms with Gasteiger partial charge in [-0.2, -0.15) is 0 Å². The summed E-state index contributed by atoms with van der Waals surface area (Å²) >= 11 is 1.79. The highest BCUT2D eigenvalue weighted by atomic mass is 32.1. The van der Waals surface area contributed by atoms with Crippen molar-refractivity contribution in [2.24, 2.45) is 5.84 Å². The summed E-state index contributed by atoms with van der Waals surface area (Å²) in [4.78, 5) is 15.1. The molecule has 5 heteroatoms. The standard InChI is InChI=1S/C16H21N3OS/c1-19(9-8-15-7-4-10-21-15)12-14-6-3-2-5-13(14)11-16(20)18-17/h2-7,10H,8-9,11-12,17H2,1H3,(H,18,20). The number of hydrazine groups is 1. The molecule has 4 nitrogen and oxygen atoms in total. The highest BCUT2D eigenvalue weighted by molar-refractivity contribution is 7.09. The van der Waals surface area contributed by atoms with Crippen molar-refractivity contribution < 1.29 is 4.79 Å². The van der Waals surface area contributed by atoms with Crippen LogP contribution in [0.5, 0.6) is 0 Å². The molecule has 21 heavy (non-hydrogen) atoms. The summed E-state index contributed by atoms with van der Waals surface area (Å²) in [5, 5.41) is 2.11. The van der Waals surface area contributed by atoms with Gasteiger partial charge in [-0.1, -0.05) is 30.3 Å². The highest BCUT2D eigenvalue weighted by Crippen LogP contribution is 2.14. The number of nitrogens with zero attached hydrogens (tertiary/aromatic N) is 1. The first kappa shape index (κ1) is 15.7. The molecule has 0 spiro atoms. The van der Waals surface area contributed by atoms with Crippen molar-refractivity contribution in [1.29, 1.82) is 0 Å². The fraction of sp³-hybridized carbons (Fsp3) is 0.312.